The number of anilines is 1. The zero-order valence-electron chi connectivity index (χ0n) is 18.6. The number of phenolic OH excluding ortho intramolecular Hbond substituents is 1. The molecule has 0 saturated carbocycles. The van der Waals surface area contributed by atoms with Gasteiger partial charge in [0.2, 0.25) is 0 Å². The Hall–Kier alpha value is -3.55. The molecule has 5 rings (SSSR count). The van der Waals surface area contributed by atoms with Gasteiger partial charge in [0, 0.05) is 36.8 Å². The Morgan fingerprint density at radius 1 is 0.882 bits per heavy atom. The van der Waals surface area contributed by atoms with E-state index in [1.165, 1.54) is 4.57 Å². The van der Waals surface area contributed by atoms with Crippen LogP contribution in [0.5, 0.6) is 5.75 Å². The van der Waals surface area contributed by atoms with Gasteiger partial charge in [0.25, 0.3) is 5.56 Å². The van der Waals surface area contributed by atoms with Gasteiger partial charge in [0.1, 0.15) is 5.75 Å². The van der Waals surface area contributed by atoms with E-state index in [0.717, 1.165) is 37.4 Å². The lowest BCUT2D eigenvalue weighted by atomic mass is 10.1. The number of aromatic hydroxyl groups is 1. The maximum absolute atomic E-state index is 13.8. The van der Waals surface area contributed by atoms with Gasteiger partial charge in [-0.25, -0.2) is 4.79 Å². The van der Waals surface area contributed by atoms with Gasteiger partial charge in [-0.3, -0.25) is 13.9 Å². The summed E-state index contributed by atoms with van der Waals surface area (Å²) in [6, 6.07) is 19.9. The van der Waals surface area contributed by atoms with Gasteiger partial charge in [-0.1, -0.05) is 60.1 Å². The van der Waals surface area contributed by atoms with E-state index >= 15 is 0 Å². The van der Waals surface area contributed by atoms with Crippen molar-refractivity contribution in [3.05, 3.63) is 104 Å². The predicted octanol–water partition coefficient (Wildman–Crippen LogP) is 3.03. The third kappa shape index (κ3) is 4.20. The van der Waals surface area contributed by atoms with E-state index in [0.29, 0.717) is 28.0 Å². The summed E-state index contributed by atoms with van der Waals surface area (Å²) < 4.78 is 2.81. The van der Waals surface area contributed by atoms with E-state index in [1.807, 2.05) is 30.3 Å². The Morgan fingerprint density at radius 3 is 2.32 bits per heavy atom. The highest BCUT2D eigenvalue weighted by molar-refractivity contribution is 6.31. The fourth-order valence-electron chi connectivity index (χ4n) is 4.51. The van der Waals surface area contributed by atoms with Crippen molar-refractivity contribution in [1.29, 1.82) is 0 Å². The zero-order chi connectivity index (χ0) is 23.7. The van der Waals surface area contributed by atoms with Gasteiger partial charge in [0.15, 0.2) is 0 Å². The summed E-state index contributed by atoms with van der Waals surface area (Å²) in [7, 11) is 0. The van der Waals surface area contributed by atoms with Crippen LogP contribution < -0.4 is 21.5 Å². The third-order valence-electron chi connectivity index (χ3n) is 6.23. The third-order valence-corrected chi connectivity index (χ3v) is 6.45. The van der Waals surface area contributed by atoms with Gasteiger partial charge >= 0.3 is 5.69 Å². The van der Waals surface area contributed by atoms with E-state index in [2.05, 4.69) is 10.2 Å². The average molecular weight is 477 g/mol. The lowest BCUT2D eigenvalue weighted by molar-refractivity contribution is 0.464. The van der Waals surface area contributed by atoms with E-state index in [-0.39, 0.29) is 12.3 Å². The smallest absolute Gasteiger partial charge is 0.332 e. The van der Waals surface area contributed by atoms with Crippen LogP contribution in [0, 0.1) is 0 Å². The molecule has 8 heteroatoms. The Bertz CT molecular complexity index is 1460. The van der Waals surface area contributed by atoms with Crippen LogP contribution in [0.3, 0.4) is 0 Å². The highest BCUT2D eigenvalue weighted by Gasteiger charge is 2.22. The molecule has 174 valence electrons. The van der Waals surface area contributed by atoms with Crippen LogP contribution in [0.2, 0.25) is 5.02 Å². The topological polar surface area (TPSA) is 79.5 Å². The number of nitrogens with one attached hydrogen (secondary N) is 1. The Labute approximate surface area is 201 Å². The van der Waals surface area contributed by atoms with Crippen LogP contribution in [0.15, 0.2) is 76.3 Å². The highest BCUT2D eigenvalue weighted by atomic mass is 35.5. The number of hydrogen-bond donors (Lipinski definition) is 2. The summed E-state index contributed by atoms with van der Waals surface area (Å²) in [5, 5.41) is 14.6. The van der Waals surface area contributed by atoms with Gasteiger partial charge in [-0.05, 0) is 23.8 Å². The highest BCUT2D eigenvalue weighted by Crippen LogP contribution is 2.29. The van der Waals surface area contributed by atoms with Crippen molar-refractivity contribution in [1.82, 2.24) is 14.5 Å². The number of rotatable bonds is 5. The summed E-state index contributed by atoms with van der Waals surface area (Å²) in [4.78, 5) is 29.7. The number of para-hydroxylation sites is 1. The van der Waals surface area contributed by atoms with Crippen LogP contribution in [-0.2, 0) is 13.1 Å². The fourth-order valence-corrected chi connectivity index (χ4v) is 4.72. The van der Waals surface area contributed by atoms with E-state index < -0.39 is 11.2 Å². The summed E-state index contributed by atoms with van der Waals surface area (Å²) in [6.07, 6.45) is 0. The van der Waals surface area contributed by atoms with Crippen LogP contribution in [-0.4, -0.2) is 40.4 Å². The number of fused-ring (bicyclic) bond motifs is 1. The summed E-state index contributed by atoms with van der Waals surface area (Å²) in [5.74, 6) is 0.0435. The lowest BCUT2D eigenvalue weighted by Crippen LogP contribution is -2.45. The minimum atomic E-state index is -0.446. The van der Waals surface area contributed by atoms with E-state index in [1.54, 1.807) is 41.0 Å². The van der Waals surface area contributed by atoms with Crippen LogP contribution in [0.25, 0.3) is 10.9 Å². The molecule has 7 nitrogen and oxygen atoms in total. The van der Waals surface area contributed by atoms with Crippen molar-refractivity contribution < 1.29 is 5.11 Å². The molecule has 0 spiro atoms. The van der Waals surface area contributed by atoms with Crippen molar-refractivity contribution in [3.63, 3.8) is 0 Å². The number of piperazine rings is 1. The van der Waals surface area contributed by atoms with Crippen molar-refractivity contribution >= 4 is 28.2 Å². The van der Waals surface area contributed by atoms with Gasteiger partial charge < -0.3 is 15.3 Å². The predicted molar refractivity (Wildman–Crippen MR) is 135 cm³/mol. The first-order valence-corrected chi connectivity index (χ1v) is 11.6. The molecular weight excluding hydrogens is 452 g/mol. The van der Waals surface area contributed by atoms with Crippen LogP contribution in [0.4, 0.5) is 5.69 Å². The number of benzene rings is 3. The maximum atomic E-state index is 13.8. The number of nitrogens with zero attached hydrogens (tertiary/aromatic N) is 3. The van der Waals surface area contributed by atoms with Crippen molar-refractivity contribution in [2.24, 2.45) is 0 Å². The number of phenols is 1. The molecule has 0 aliphatic carbocycles. The summed E-state index contributed by atoms with van der Waals surface area (Å²) >= 11 is 6.51. The molecule has 4 aromatic rings. The first-order chi connectivity index (χ1) is 16.5. The van der Waals surface area contributed by atoms with Crippen molar-refractivity contribution in [2.75, 3.05) is 31.1 Å². The normalized spacial score (nSPS) is 14.0. The molecule has 1 fully saturated rings. The molecule has 0 atom stereocenters. The Morgan fingerprint density at radius 2 is 1.59 bits per heavy atom. The molecule has 0 radical (unpaired) electrons. The minimum Gasteiger partial charge on any atom is -0.508 e. The largest absolute Gasteiger partial charge is 0.508 e. The van der Waals surface area contributed by atoms with E-state index in [4.69, 9.17) is 11.6 Å². The molecule has 0 amide bonds. The Balaban J connectivity index is 1.79. The molecule has 2 heterocycles. The lowest BCUT2D eigenvalue weighted by Gasteiger charge is -2.31. The molecule has 1 aliphatic heterocycles. The monoisotopic (exact) mass is 476 g/mol. The first kappa shape index (κ1) is 22.3. The standard InChI is InChI=1S/C26H25ClN4O3/c27-20-14-21(29-12-10-28-11-13-29)24-22(15-20)30(16-18-6-2-1-3-7-18)26(34)31(25(24)33)17-19-8-4-5-9-23(19)32/h1-9,14-15,28,32H,10-13,16-17H2. The van der Waals surface area contributed by atoms with Gasteiger partial charge in [0.05, 0.1) is 29.7 Å². The van der Waals surface area contributed by atoms with Gasteiger partial charge in [-0.15, -0.1) is 0 Å². The van der Waals surface area contributed by atoms with Crippen molar-refractivity contribution in [2.45, 2.75) is 13.1 Å². The fraction of sp³-hybridized carbons (Fsp3) is 0.231. The molecule has 0 bridgehead atoms. The molecule has 2 N–H and O–H groups in total. The molecule has 3 aromatic carbocycles. The van der Waals surface area contributed by atoms with Crippen molar-refractivity contribution in [3.8, 4) is 5.75 Å². The van der Waals surface area contributed by atoms with Crippen LogP contribution in [0.1, 0.15) is 11.1 Å². The average Bonchev–Trinajstić information content (AvgIpc) is 2.86. The number of aromatic nitrogens is 2. The molecule has 1 aromatic heterocycles. The second-order valence-electron chi connectivity index (χ2n) is 8.43. The van der Waals surface area contributed by atoms with E-state index in [9.17, 15) is 14.7 Å². The number of hydrogen-bond acceptors (Lipinski definition) is 5. The Kier molecular flexibility index (Phi) is 6.13. The molecule has 34 heavy (non-hydrogen) atoms. The zero-order valence-corrected chi connectivity index (χ0v) is 19.3. The summed E-state index contributed by atoms with van der Waals surface area (Å²) in [5.41, 5.74) is 1.83. The van der Waals surface area contributed by atoms with Crippen LogP contribution >= 0.6 is 11.6 Å². The second kappa shape index (κ2) is 9.37. The van der Waals surface area contributed by atoms with Gasteiger partial charge in [-0.2, -0.15) is 0 Å². The minimum absolute atomic E-state index is 0.0291. The SMILES string of the molecule is O=c1c2c(N3CCNCC3)cc(Cl)cc2n(Cc2ccccc2)c(=O)n1Cc1ccccc1O. The second-order valence-corrected chi connectivity index (χ2v) is 8.87. The maximum Gasteiger partial charge on any atom is 0.332 e. The quantitative estimate of drug-likeness (QED) is 0.463. The first-order valence-electron chi connectivity index (χ1n) is 11.3. The molecule has 0 unspecified atom stereocenters. The number of halogens is 1. The molecule has 1 aliphatic rings. The molecular formula is C26H25ClN4O3. The summed E-state index contributed by atoms with van der Waals surface area (Å²) in [6.45, 7) is 3.31. The molecule has 1 saturated heterocycles.